The van der Waals surface area contributed by atoms with E-state index in [2.05, 4.69) is 10.4 Å². The molecule has 0 aliphatic heterocycles. The normalized spacial score (nSPS) is 12.5. The molecule has 0 bridgehead atoms. The maximum atomic E-state index is 14.3. The van der Waals surface area contributed by atoms with Gasteiger partial charge in [-0.15, -0.1) is 0 Å². The molecule has 1 heterocycles. The zero-order valence-electron chi connectivity index (χ0n) is 18.8. The van der Waals surface area contributed by atoms with Crippen molar-refractivity contribution < 1.29 is 36.1 Å². The molecule has 3 aromatic rings. The smallest absolute Gasteiger partial charge is 0.321 e. The van der Waals surface area contributed by atoms with E-state index in [0.717, 1.165) is 6.07 Å². The van der Waals surface area contributed by atoms with Crippen LogP contribution in [-0.4, -0.2) is 33.0 Å². The molecule has 1 aromatic heterocycles. The summed E-state index contributed by atoms with van der Waals surface area (Å²) in [7, 11) is 0. The van der Waals surface area contributed by atoms with Gasteiger partial charge in [-0.1, -0.05) is 48.3 Å². The van der Waals surface area contributed by atoms with E-state index in [9.17, 15) is 41.3 Å². The van der Waals surface area contributed by atoms with Crippen molar-refractivity contribution in [2.24, 2.45) is 0 Å². The fourth-order valence-electron chi connectivity index (χ4n) is 3.91. The molecule has 0 radical (unpaired) electrons. The van der Waals surface area contributed by atoms with Crippen molar-refractivity contribution in [3.05, 3.63) is 85.1 Å². The summed E-state index contributed by atoms with van der Waals surface area (Å²) in [5.41, 5.74) is -6.94. The SMILES string of the molecule is CCc1cc(C(n2cc(Cl)cn2)(C(F)(F)F)C(F)(F)F)cc(C)c1NC(=O)c1cccc([N+](=O)[O-])c1Cl. The molecular formula is C22H16Cl2F6N4O3. The summed E-state index contributed by atoms with van der Waals surface area (Å²) < 4.78 is 85.7. The molecule has 1 amide bonds. The van der Waals surface area contributed by atoms with Gasteiger partial charge >= 0.3 is 12.4 Å². The van der Waals surface area contributed by atoms with E-state index in [0.29, 0.717) is 24.5 Å². The lowest BCUT2D eigenvalue weighted by Crippen LogP contribution is -2.59. The van der Waals surface area contributed by atoms with E-state index < -0.39 is 50.0 Å². The predicted molar refractivity (Wildman–Crippen MR) is 123 cm³/mol. The number of nitro groups is 1. The summed E-state index contributed by atoms with van der Waals surface area (Å²) in [4.78, 5) is 23.1. The third-order valence-corrected chi connectivity index (χ3v) is 6.18. The van der Waals surface area contributed by atoms with Gasteiger partial charge in [0.1, 0.15) is 5.02 Å². The van der Waals surface area contributed by atoms with E-state index in [-0.39, 0.29) is 33.5 Å². The molecule has 15 heteroatoms. The molecule has 0 saturated carbocycles. The van der Waals surface area contributed by atoms with Crippen molar-refractivity contribution >= 4 is 40.5 Å². The van der Waals surface area contributed by atoms with Gasteiger partial charge in [-0.25, -0.2) is 4.68 Å². The van der Waals surface area contributed by atoms with E-state index in [4.69, 9.17) is 23.2 Å². The highest BCUT2D eigenvalue weighted by molar-refractivity contribution is 6.36. The summed E-state index contributed by atoms with van der Waals surface area (Å²) in [6.07, 6.45) is -10.8. The second-order valence-corrected chi connectivity index (χ2v) is 8.65. The van der Waals surface area contributed by atoms with Gasteiger partial charge in [0.25, 0.3) is 17.1 Å². The lowest BCUT2D eigenvalue weighted by molar-refractivity contribution is -0.384. The average molecular weight is 569 g/mol. The number of nitro benzene ring substituents is 1. The molecule has 3 rings (SSSR count). The molecule has 0 atom stereocenters. The summed E-state index contributed by atoms with van der Waals surface area (Å²) in [6.45, 7) is 2.67. The number of aromatic nitrogens is 2. The molecule has 0 unspecified atom stereocenters. The molecule has 2 aromatic carbocycles. The maximum Gasteiger partial charge on any atom is 0.426 e. The number of halogens is 8. The molecule has 1 N–H and O–H groups in total. The summed E-state index contributed by atoms with van der Waals surface area (Å²) in [5, 5.41) is 15.8. The van der Waals surface area contributed by atoms with Crippen LogP contribution in [0.25, 0.3) is 0 Å². The van der Waals surface area contributed by atoms with Gasteiger partial charge in [-0.3, -0.25) is 14.9 Å². The van der Waals surface area contributed by atoms with Crippen LogP contribution in [0, 0.1) is 17.0 Å². The van der Waals surface area contributed by atoms with E-state index in [1.165, 1.54) is 26.0 Å². The lowest BCUT2D eigenvalue weighted by atomic mass is 9.85. The average Bonchev–Trinajstić information content (AvgIpc) is 3.19. The number of aryl methyl sites for hydroxylation is 2. The first-order valence-electron chi connectivity index (χ1n) is 10.3. The number of nitrogens with zero attached hydrogens (tertiary/aromatic N) is 3. The first-order chi connectivity index (χ1) is 17.1. The first kappa shape index (κ1) is 28.3. The number of alkyl halides is 6. The van der Waals surface area contributed by atoms with Crippen LogP contribution in [0.1, 0.15) is 34.0 Å². The van der Waals surface area contributed by atoms with Gasteiger partial charge in [0, 0.05) is 18.0 Å². The Hall–Kier alpha value is -3.32. The van der Waals surface area contributed by atoms with Gasteiger partial charge in [-0.05, 0) is 36.1 Å². The molecule has 0 aliphatic carbocycles. The van der Waals surface area contributed by atoms with Crippen molar-refractivity contribution in [2.75, 3.05) is 5.32 Å². The zero-order valence-corrected chi connectivity index (χ0v) is 20.4. The maximum absolute atomic E-state index is 14.3. The second kappa shape index (κ2) is 9.86. The Morgan fingerprint density at radius 1 is 1.14 bits per heavy atom. The van der Waals surface area contributed by atoms with Crippen LogP contribution < -0.4 is 5.32 Å². The third-order valence-electron chi connectivity index (χ3n) is 5.59. The number of hydrogen-bond acceptors (Lipinski definition) is 4. The number of benzene rings is 2. The highest BCUT2D eigenvalue weighted by Gasteiger charge is 2.74. The molecule has 0 spiro atoms. The summed E-state index contributed by atoms with van der Waals surface area (Å²) in [5.74, 6) is -0.948. The van der Waals surface area contributed by atoms with Gasteiger partial charge in [0.2, 0.25) is 0 Å². The topological polar surface area (TPSA) is 90.1 Å². The van der Waals surface area contributed by atoms with Crippen LogP contribution >= 0.6 is 23.2 Å². The minimum Gasteiger partial charge on any atom is -0.321 e. The van der Waals surface area contributed by atoms with Crippen LogP contribution in [0.4, 0.5) is 37.7 Å². The lowest BCUT2D eigenvalue weighted by Gasteiger charge is -2.38. The van der Waals surface area contributed by atoms with Crippen LogP contribution in [0.3, 0.4) is 0 Å². The number of carbonyl (C=O) groups is 1. The summed E-state index contributed by atoms with van der Waals surface area (Å²) >= 11 is 11.6. The van der Waals surface area contributed by atoms with Crippen LogP contribution in [-0.2, 0) is 12.0 Å². The van der Waals surface area contributed by atoms with Crippen LogP contribution in [0.5, 0.6) is 0 Å². The fraction of sp³-hybridized carbons (Fsp3) is 0.273. The first-order valence-corrected chi connectivity index (χ1v) is 11.0. The molecule has 7 nitrogen and oxygen atoms in total. The van der Waals surface area contributed by atoms with Gasteiger partial charge < -0.3 is 5.32 Å². The standard InChI is InChI=1S/C22H16Cl2F6N4O3/c1-3-12-8-13(20(21(25,26)27,22(28,29)30)33-10-14(23)9-31-33)7-11(2)18(12)32-19(35)15-5-4-6-16(17(15)24)34(36)37/h4-10H,3H2,1-2H3,(H,32,35). The van der Waals surface area contributed by atoms with Crippen molar-refractivity contribution in [3.63, 3.8) is 0 Å². The monoisotopic (exact) mass is 568 g/mol. The highest BCUT2D eigenvalue weighted by atomic mass is 35.5. The summed E-state index contributed by atoms with van der Waals surface area (Å²) in [6, 6.07) is 4.76. The van der Waals surface area contributed by atoms with Crippen LogP contribution in [0.2, 0.25) is 10.0 Å². The minimum atomic E-state index is -5.90. The van der Waals surface area contributed by atoms with E-state index in [1.807, 2.05) is 0 Å². The molecule has 0 aliphatic rings. The van der Waals surface area contributed by atoms with Crippen LogP contribution in [0.15, 0.2) is 42.7 Å². The zero-order chi connectivity index (χ0) is 27.9. The Balaban J connectivity index is 2.21. The highest BCUT2D eigenvalue weighted by Crippen LogP contribution is 2.53. The molecule has 37 heavy (non-hydrogen) atoms. The fourth-order valence-corrected chi connectivity index (χ4v) is 4.33. The van der Waals surface area contributed by atoms with Crippen molar-refractivity contribution in [1.82, 2.24) is 9.78 Å². The van der Waals surface area contributed by atoms with Gasteiger partial charge in [0.05, 0.1) is 21.7 Å². The Morgan fingerprint density at radius 2 is 1.76 bits per heavy atom. The predicted octanol–water partition coefficient (Wildman–Crippen LogP) is 7.09. The van der Waals surface area contributed by atoms with Gasteiger partial charge in [-0.2, -0.15) is 31.4 Å². The number of hydrogen-bond donors (Lipinski definition) is 1. The Kier molecular flexibility index (Phi) is 7.53. The Morgan fingerprint density at radius 3 is 2.24 bits per heavy atom. The molecule has 198 valence electrons. The third kappa shape index (κ3) is 4.85. The number of rotatable bonds is 6. The number of anilines is 1. The second-order valence-electron chi connectivity index (χ2n) is 7.84. The Labute approximate surface area is 215 Å². The number of amides is 1. The van der Waals surface area contributed by atoms with Crippen molar-refractivity contribution in [1.29, 1.82) is 0 Å². The largest absolute Gasteiger partial charge is 0.426 e. The molecular weight excluding hydrogens is 553 g/mol. The van der Waals surface area contributed by atoms with Crippen molar-refractivity contribution in [2.45, 2.75) is 38.2 Å². The number of nitrogens with one attached hydrogen (secondary N) is 1. The molecule has 0 fully saturated rings. The molecule has 0 saturated heterocycles. The number of carbonyl (C=O) groups excluding carboxylic acids is 1. The van der Waals surface area contributed by atoms with E-state index >= 15 is 0 Å². The Bertz CT molecular complexity index is 1360. The quantitative estimate of drug-likeness (QED) is 0.195. The van der Waals surface area contributed by atoms with Gasteiger partial charge in [0.15, 0.2) is 0 Å². The minimum absolute atomic E-state index is 0.0685. The van der Waals surface area contributed by atoms with Crippen molar-refractivity contribution in [3.8, 4) is 0 Å². The van der Waals surface area contributed by atoms with E-state index in [1.54, 1.807) is 0 Å².